The summed E-state index contributed by atoms with van der Waals surface area (Å²) in [7, 11) is 0. The van der Waals surface area contributed by atoms with Crippen molar-refractivity contribution < 1.29 is 0 Å². The van der Waals surface area contributed by atoms with E-state index < -0.39 is 0 Å². The Balaban J connectivity index is 2.25. The van der Waals surface area contributed by atoms with Crippen molar-refractivity contribution in [1.29, 1.82) is 0 Å². The second-order valence-electron chi connectivity index (χ2n) is 6.07. The Morgan fingerprint density at radius 2 is 1.82 bits per heavy atom. The van der Waals surface area contributed by atoms with E-state index in [0.29, 0.717) is 6.04 Å². The van der Waals surface area contributed by atoms with Crippen LogP contribution >= 0.6 is 15.9 Å². The number of rotatable bonds is 2. The number of benzene rings is 1. The van der Waals surface area contributed by atoms with Crippen LogP contribution < -0.4 is 5.32 Å². The smallest absolute Gasteiger partial charge is 0.0381 e. The average Bonchev–Trinajstić information content (AvgIpc) is 2.72. The molecular weight excluding hydrogens is 274 g/mol. The number of anilines is 1. The molecule has 94 valence electrons. The van der Waals surface area contributed by atoms with E-state index in [1.165, 1.54) is 41.4 Å². The maximum atomic E-state index is 3.72. The quantitative estimate of drug-likeness (QED) is 0.800. The first kappa shape index (κ1) is 12.9. The molecule has 0 aromatic heterocycles. The Hall–Kier alpha value is -0.500. The number of hydrogen-bond donors (Lipinski definition) is 1. The predicted octanol–water partition coefficient (Wildman–Crippen LogP) is 5.10. The first-order valence-electron chi connectivity index (χ1n) is 6.53. The maximum Gasteiger partial charge on any atom is 0.0381 e. The van der Waals surface area contributed by atoms with Gasteiger partial charge in [0.2, 0.25) is 0 Å². The van der Waals surface area contributed by atoms with Crippen LogP contribution in [0.2, 0.25) is 0 Å². The van der Waals surface area contributed by atoms with Crippen molar-refractivity contribution in [2.24, 2.45) is 0 Å². The van der Waals surface area contributed by atoms with Crippen LogP contribution in [0.15, 0.2) is 22.7 Å². The van der Waals surface area contributed by atoms with Crippen LogP contribution in [-0.4, -0.2) is 6.04 Å². The second-order valence-corrected chi connectivity index (χ2v) is 6.98. The van der Waals surface area contributed by atoms with Crippen molar-refractivity contribution in [1.82, 2.24) is 0 Å². The molecule has 0 unspecified atom stereocenters. The van der Waals surface area contributed by atoms with Gasteiger partial charge in [0, 0.05) is 16.2 Å². The predicted molar refractivity (Wildman–Crippen MR) is 78.7 cm³/mol. The molecule has 0 radical (unpaired) electrons. The van der Waals surface area contributed by atoms with Gasteiger partial charge in [-0.3, -0.25) is 0 Å². The minimum absolute atomic E-state index is 0.185. The molecule has 0 bridgehead atoms. The van der Waals surface area contributed by atoms with Crippen molar-refractivity contribution in [2.75, 3.05) is 5.32 Å². The van der Waals surface area contributed by atoms with Gasteiger partial charge in [-0.1, -0.05) is 49.5 Å². The first-order chi connectivity index (χ1) is 7.97. The van der Waals surface area contributed by atoms with E-state index in [0.717, 1.165) is 0 Å². The van der Waals surface area contributed by atoms with Gasteiger partial charge in [-0.25, -0.2) is 0 Å². The van der Waals surface area contributed by atoms with Crippen molar-refractivity contribution in [3.63, 3.8) is 0 Å². The van der Waals surface area contributed by atoms with E-state index in [2.05, 4.69) is 60.2 Å². The maximum absolute atomic E-state index is 3.72. The monoisotopic (exact) mass is 295 g/mol. The van der Waals surface area contributed by atoms with Crippen LogP contribution in [0.3, 0.4) is 0 Å². The van der Waals surface area contributed by atoms with E-state index in [9.17, 15) is 0 Å². The van der Waals surface area contributed by atoms with Gasteiger partial charge in [-0.05, 0) is 42.0 Å². The lowest BCUT2D eigenvalue weighted by atomic mass is 9.85. The molecule has 1 aliphatic carbocycles. The van der Waals surface area contributed by atoms with Crippen molar-refractivity contribution in [2.45, 2.75) is 57.9 Å². The normalized spacial score (nSPS) is 17.4. The summed E-state index contributed by atoms with van der Waals surface area (Å²) < 4.78 is 1.17. The summed E-state index contributed by atoms with van der Waals surface area (Å²) in [6, 6.07) is 7.27. The highest BCUT2D eigenvalue weighted by Gasteiger charge is 2.21. The molecule has 1 aromatic carbocycles. The summed E-state index contributed by atoms with van der Waals surface area (Å²) in [5.41, 5.74) is 2.90. The van der Waals surface area contributed by atoms with Gasteiger partial charge in [0.15, 0.2) is 0 Å². The zero-order chi connectivity index (χ0) is 12.5. The lowest BCUT2D eigenvalue weighted by Crippen LogP contribution is -2.20. The van der Waals surface area contributed by atoms with Crippen LogP contribution in [-0.2, 0) is 5.41 Å². The second kappa shape index (κ2) is 5.01. The Kier molecular flexibility index (Phi) is 3.82. The van der Waals surface area contributed by atoms with E-state index >= 15 is 0 Å². The van der Waals surface area contributed by atoms with Gasteiger partial charge >= 0.3 is 0 Å². The highest BCUT2D eigenvalue weighted by molar-refractivity contribution is 9.10. The minimum atomic E-state index is 0.185. The molecule has 17 heavy (non-hydrogen) atoms. The van der Waals surface area contributed by atoms with Crippen molar-refractivity contribution in [3.8, 4) is 0 Å². The minimum Gasteiger partial charge on any atom is -0.382 e. The molecule has 1 aliphatic rings. The van der Waals surface area contributed by atoms with Gasteiger partial charge < -0.3 is 5.32 Å². The highest BCUT2D eigenvalue weighted by Crippen LogP contribution is 2.33. The van der Waals surface area contributed by atoms with E-state index in [1.807, 2.05) is 0 Å². The zero-order valence-corrected chi connectivity index (χ0v) is 12.6. The lowest BCUT2D eigenvalue weighted by molar-refractivity contribution is 0.589. The third kappa shape index (κ3) is 3.25. The molecule has 1 nitrogen and oxygen atoms in total. The Bertz CT molecular complexity index is 386. The van der Waals surface area contributed by atoms with Crippen LogP contribution in [0.1, 0.15) is 52.0 Å². The van der Waals surface area contributed by atoms with E-state index in [1.54, 1.807) is 0 Å². The molecule has 0 saturated heterocycles. The van der Waals surface area contributed by atoms with Crippen LogP contribution in [0, 0.1) is 0 Å². The summed E-state index contributed by atoms with van der Waals surface area (Å²) in [6.07, 6.45) is 5.39. The van der Waals surface area contributed by atoms with Gasteiger partial charge in [0.1, 0.15) is 0 Å². The molecule has 2 heteroatoms. The fourth-order valence-corrected chi connectivity index (χ4v) is 2.91. The van der Waals surface area contributed by atoms with Crippen molar-refractivity contribution in [3.05, 3.63) is 28.2 Å². The molecular formula is C15H22BrN. The zero-order valence-electron chi connectivity index (χ0n) is 11.0. The molecule has 0 amide bonds. The highest BCUT2D eigenvalue weighted by atomic mass is 79.9. The summed E-state index contributed by atoms with van der Waals surface area (Å²) in [6.45, 7) is 6.82. The average molecular weight is 296 g/mol. The summed E-state index contributed by atoms with van der Waals surface area (Å²) in [4.78, 5) is 0. The molecule has 1 saturated carbocycles. The Morgan fingerprint density at radius 1 is 1.18 bits per heavy atom. The largest absolute Gasteiger partial charge is 0.382 e. The Morgan fingerprint density at radius 3 is 2.41 bits per heavy atom. The molecule has 0 spiro atoms. The van der Waals surface area contributed by atoms with Gasteiger partial charge in [-0.15, -0.1) is 0 Å². The molecule has 0 heterocycles. The van der Waals surface area contributed by atoms with Crippen molar-refractivity contribution >= 4 is 21.6 Å². The van der Waals surface area contributed by atoms with Gasteiger partial charge in [0.05, 0.1) is 0 Å². The fourth-order valence-electron chi connectivity index (χ4n) is 2.55. The van der Waals surface area contributed by atoms with E-state index in [4.69, 9.17) is 0 Å². The summed E-state index contributed by atoms with van der Waals surface area (Å²) in [5, 5.41) is 3.72. The molecule has 2 rings (SSSR count). The SMILES string of the molecule is CC(C)(C)c1cc(Br)ccc1NC1CCCC1. The topological polar surface area (TPSA) is 12.0 Å². The van der Waals surface area contributed by atoms with Gasteiger partial charge in [0.25, 0.3) is 0 Å². The molecule has 1 fully saturated rings. The van der Waals surface area contributed by atoms with Gasteiger partial charge in [-0.2, -0.15) is 0 Å². The Labute approximate surface area is 113 Å². The molecule has 0 atom stereocenters. The standard InChI is InChI=1S/C15H22BrN/c1-15(2,3)13-10-11(16)8-9-14(13)17-12-6-4-5-7-12/h8-10,12,17H,4-7H2,1-3H3. The third-order valence-electron chi connectivity index (χ3n) is 3.50. The number of hydrogen-bond acceptors (Lipinski definition) is 1. The number of halogens is 1. The molecule has 1 N–H and O–H groups in total. The van der Waals surface area contributed by atoms with E-state index in [-0.39, 0.29) is 5.41 Å². The molecule has 0 aliphatic heterocycles. The fraction of sp³-hybridized carbons (Fsp3) is 0.600. The number of nitrogens with one attached hydrogen (secondary N) is 1. The summed E-state index contributed by atoms with van der Waals surface area (Å²) in [5.74, 6) is 0. The summed E-state index contributed by atoms with van der Waals surface area (Å²) >= 11 is 3.57. The lowest BCUT2D eigenvalue weighted by Gasteiger charge is -2.25. The van der Waals surface area contributed by atoms with Crippen LogP contribution in [0.25, 0.3) is 0 Å². The molecule has 1 aromatic rings. The first-order valence-corrected chi connectivity index (χ1v) is 7.33. The third-order valence-corrected chi connectivity index (χ3v) is 4.00. The van der Waals surface area contributed by atoms with Crippen LogP contribution in [0.4, 0.5) is 5.69 Å². The van der Waals surface area contributed by atoms with Crippen LogP contribution in [0.5, 0.6) is 0 Å².